The van der Waals surface area contributed by atoms with Crippen molar-refractivity contribution in [1.29, 1.82) is 0 Å². The van der Waals surface area contributed by atoms with Gasteiger partial charge >= 0.3 is 5.69 Å². The molecule has 1 aromatic heterocycles. The number of phenols is 2. The number of nitrogens with zero attached hydrogens (tertiary/aromatic N) is 2. The summed E-state index contributed by atoms with van der Waals surface area (Å²) in [5.41, 5.74) is -0.892. The maximum Gasteiger partial charge on any atom is 0.315 e. The van der Waals surface area contributed by atoms with Crippen molar-refractivity contribution >= 4 is 45.4 Å². The van der Waals surface area contributed by atoms with Gasteiger partial charge in [0.15, 0.2) is 11.6 Å². The van der Waals surface area contributed by atoms with Gasteiger partial charge in [-0.15, -0.1) is 34.0 Å². The topological polar surface area (TPSA) is 129 Å². The molecule has 0 saturated heterocycles. The van der Waals surface area contributed by atoms with E-state index in [2.05, 4.69) is 9.97 Å². The van der Waals surface area contributed by atoms with E-state index in [9.17, 15) is 25.1 Å². The van der Waals surface area contributed by atoms with Gasteiger partial charge < -0.3 is 15.2 Å². The average molecular weight is 411 g/mol. The summed E-state index contributed by atoms with van der Waals surface area (Å²) < 4.78 is 0. The Hall–Kier alpha value is -1.94. The second-order valence-electron chi connectivity index (χ2n) is 3.39. The van der Waals surface area contributed by atoms with Crippen molar-refractivity contribution < 1.29 is 19.9 Å². The van der Waals surface area contributed by atoms with Gasteiger partial charge in [0.1, 0.15) is 0 Å². The molecule has 108 valence electrons. The number of rotatable bonds is 3. The molecular formula is C10H9Br2N3O5. The van der Waals surface area contributed by atoms with Gasteiger partial charge in [0.2, 0.25) is 11.5 Å². The highest BCUT2D eigenvalue weighted by Gasteiger charge is 2.22. The molecule has 2 rings (SSSR count). The summed E-state index contributed by atoms with van der Waals surface area (Å²) in [7, 11) is 0. The number of hydrogen-bond acceptors (Lipinski definition) is 6. The van der Waals surface area contributed by atoms with Gasteiger partial charge in [-0.3, -0.25) is 14.9 Å². The van der Waals surface area contributed by atoms with Gasteiger partial charge in [0.05, 0.1) is 4.92 Å². The molecule has 0 spiro atoms. The van der Waals surface area contributed by atoms with Gasteiger partial charge in [0.25, 0.3) is 0 Å². The molecule has 0 fully saturated rings. The molecule has 0 saturated carbocycles. The summed E-state index contributed by atoms with van der Waals surface area (Å²) in [6, 6.07) is 1.81. The van der Waals surface area contributed by atoms with Crippen LogP contribution in [0.4, 0.5) is 5.69 Å². The normalized spacial score (nSPS) is 9.20. The van der Waals surface area contributed by atoms with E-state index in [1.807, 2.05) is 0 Å². The zero-order valence-corrected chi connectivity index (χ0v) is 13.1. The quantitative estimate of drug-likeness (QED) is 0.307. The van der Waals surface area contributed by atoms with Crippen LogP contribution in [0.2, 0.25) is 0 Å². The minimum absolute atomic E-state index is 0. The number of nitro benzene ring substituents is 1. The largest absolute Gasteiger partial charge is 0.504 e. The lowest BCUT2D eigenvalue weighted by atomic mass is 10.1. The molecular weight excluding hydrogens is 402 g/mol. The van der Waals surface area contributed by atoms with Gasteiger partial charge in [-0.25, -0.2) is 4.98 Å². The Labute approximate surface area is 133 Å². The third kappa shape index (κ3) is 3.33. The molecule has 0 unspecified atom stereocenters. The van der Waals surface area contributed by atoms with Crippen LogP contribution in [0.25, 0.3) is 0 Å². The monoisotopic (exact) mass is 409 g/mol. The molecule has 0 aliphatic heterocycles. The second-order valence-corrected chi connectivity index (χ2v) is 3.39. The van der Waals surface area contributed by atoms with Crippen molar-refractivity contribution in [2.75, 3.05) is 0 Å². The number of hydrogen-bond donors (Lipinski definition) is 3. The molecule has 3 N–H and O–H groups in total. The highest BCUT2D eigenvalue weighted by molar-refractivity contribution is 8.93. The third-order valence-electron chi connectivity index (χ3n) is 2.24. The Morgan fingerprint density at radius 2 is 1.95 bits per heavy atom. The lowest BCUT2D eigenvalue weighted by Crippen LogP contribution is -2.04. The molecule has 0 aliphatic rings. The molecule has 1 aromatic carbocycles. The number of carbonyl (C=O) groups excluding carboxylic acids is 1. The first kappa shape index (κ1) is 18.1. The number of nitrogens with one attached hydrogen (secondary N) is 1. The van der Waals surface area contributed by atoms with E-state index in [0.717, 1.165) is 12.1 Å². The standard InChI is InChI=1S/C10H7N3O5.2BrH/c14-7-4-5(3-6(9(7)16)13(17)18)8(15)10-11-1-2-12-10;;/h1-4,14,16H,(H,11,12);2*1H. The van der Waals surface area contributed by atoms with Crippen LogP contribution in [0.1, 0.15) is 16.2 Å². The molecule has 0 aliphatic carbocycles. The first-order valence-corrected chi connectivity index (χ1v) is 4.75. The summed E-state index contributed by atoms with van der Waals surface area (Å²) in [5, 5.41) is 29.3. The fraction of sp³-hybridized carbons (Fsp3) is 0. The Morgan fingerprint density at radius 1 is 1.30 bits per heavy atom. The van der Waals surface area contributed by atoms with Crippen LogP contribution in [0.15, 0.2) is 24.5 Å². The minimum atomic E-state index is -0.895. The number of H-pyrrole nitrogens is 1. The summed E-state index contributed by atoms with van der Waals surface area (Å²) in [6.07, 6.45) is 2.77. The summed E-state index contributed by atoms with van der Waals surface area (Å²) in [6.45, 7) is 0. The number of aromatic nitrogens is 2. The zero-order chi connectivity index (χ0) is 13.3. The molecule has 20 heavy (non-hydrogen) atoms. The molecule has 2 aromatic rings. The van der Waals surface area contributed by atoms with Crippen LogP contribution < -0.4 is 0 Å². The number of halogens is 2. The predicted molar refractivity (Wildman–Crippen MR) is 79.1 cm³/mol. The number of aromatic hydroxyl groups is 2. The molecule has 10 heteroatoms. The Kier molecular flexibility index (Phi) is 6.33. The van der Waals surface area contributed by atoms with Crippen LogP contribution >= 0.6 is 34.0 Å². The molecule has 0 radical (unpaired) electrons. The average Bonchev–Trinajstić information content (AvgIpc) is 2.84. The van der Waals surface area contributed by atoms with Crippen molar-refractivity contribution in [2.45, 2.75) is 0 Å². The van der Waals surface area contributed by atoms with E-state index < -0.39 is 27.9 Å². The van der Waals surface area contributed by atoms with Crippen LogP contribution in [0.5, 0.6) is 11.5 Å². The zero-order valence-electron chi connectivity index (χ0n) is 9.64. The van der Waals surface area contributed by atoms with E-state index in [1.165, 1.54) is 12.4 Å². The van der Waals surface area contributed by atoms with Crippen LogP contribution in [0.3, 0.4) is 0 Å². The second kappa shape index (κ2) is 7.01. The molecule has 1 heterocycles. The fourth-order valence-corrected chi connectivity index (χ4v) is 1.40. The number of carbonyl (C=O) groups is 1. The first-order valence-electron chi connectivity index (χ1n) is 4.75. The summed E-state index contributed by atoms with van der Waals surface area (Å²) in [4.78, 5) is 27.8. The summed E-state index contributed by atoms with van der Waals surface area (Å²) in [5.74, 6) is -2.26. The number of ketones is 1. The highest BCUT2D eigenvalue weighted by atomic mass is 79.9. The number of nitro groups is 1. The predicted octanol–water partition coefficient (Wildman–Crippen LogP) is 2.12. The number of aromatic amines is 1. The van der Waals surface area contributed by atoms with Crippen molar-refractivity contribution in [3.05, 3.63) is 46.0 Å². The Morgan fingerprint density at radius 3 is 2.45 bits per heavy atom. The first-order chi connectivity index (χ1) is 8.50. The van der Waals surface area contributed by atoms with Crippen molar-refractivity contribution in [2.24, 2.45) is 0 Å². The number of benzene rings is 1. The van der Waals surface area contributed by atoms with E-state index in [0.29, 0.717) is 0 Å². The van der Waals surface area contributed by atoms with Crippen LogP contribution in [-0.4, -0.2) is 30.9 Å². The third-order valence-corrected chi connectivity index (χ3v) is 2.24. The fourth-order valence-electron chi connectivity index (χ4n) is 1.40. The van der Waals surface area contributed by atoms with Gasteiger partial charge in [-0.2, -0.15) is 0 Å². The highest BCUT2D eigenvalue weighted by Crippen LogP contribution is 2.36. The van der Waals surface area contributed by atoms with Crippen molar-refractivity contribution in [3.8, 4) is 11.5 Å². The number of phenolic OH excluding ortho intramolecular Hbond substituents is 2. The Bertz CT molecular complexity index is 630. The Balaban J connectivity index is 0.00000180. The van der Waals surface area contributed by atoms with E-state index >= 15 is 0 Å². The summed E-state index contributed by atoms with van der Waals surface area (Å²) >= 11 is 0. The smallest absolute Gasteiger partial charge is 0.315 e. The molecule has 0 atom stereocenters. The van der Waals surface area contributed by atoms with E-state index in [-0.39, 0.29) is 45.4 Å². The van der Waals surface area contributed by atoms with Crippen LogP contribution in [0, 0.1) is 10.1 Å². The van der Waals surface area contributed by atoms with E-state index in [1.54, 1.807) is 0 Å². The molecule has 8 nitrogen and oxygen atoms in total. The van der Waals surface area contributed by atoms with Gasteiger partial charge in [0, 0.05) is 24.0 Å². The lowest BCUT2D eigenvalue weighted by Gasteiger charge is -2.02. The van der Waals surface area contributed by atoms with Crippen LogP contribution in [-0.2, 0) is 0 Å². The maximum atomic E-state index is 11.8. The minimum Gasteiger partial charge on any atom is -0.504 e. The van der Waals surface area contributed by atoms with Crippen molar-refractivity contribution in [1.82, 2.24) is 9.97 Å². The van der Waals surface area contributed by atoms with Gasteiger partial charge in [-0.05, 0) is 6.07 Å². The van der Waals surface area contributed by atoms with Gasteiger partial charge in [-0.1, -0.05) is 0 Å². The molecule has 0 amide bonds. The number of imidazole rings is 1. The van der Waals surface area contributed by atoms with Crippen molar-refractivity contribution in [3.63, 3.8) is 0 Å². The van der Waals surface area contributed by atoms with E-state index in [4.69, 9.17) is 0 Å². The maximum absolute atomic E-state index is 11.8. The lowest BCUT2D eigenvalue weighted by molar-refractivity contribution is -0.386. The molecule has 0 bridgehead atoms. The SMILES string of the molecule is Br.Br.O=C(c1cc(O)c(O)c([N+](=O)[O-])c1)c1ncc[nH]1.